The van der Waals surface area contributed by atoms with Crippen LogP contribution in [0.2, 0.25) is 0 Å². The van der Waals surface area contributed by atoms with Gasteiger partial charge in [0.05, 0.1) is 11.7 Å². The molecule has 6 heteroatoms. The van der Waals surface area contributed by atoms with Crippen molar-refractivity contribution >= 4 is 27.7 Å². The highest BCUT2D eigenvalue weighted by atomic mass is 79.9. The molecule has 0 saturated carbocycles. The lowest BCUT2D eigenvalue weighted by Crippen LogP contribution is -2.24. The van der Waals surface area contributed by atoms with Gasteiger partial charge in [-0.25, -0.2) is 4.98 Å². The van der Waals surface area contributed by atoms with Gasteiger partial charge in [0, 0.05) is 31.3 Å². The molecule has 0 spiro atoms. The van der Waals surface area contributed by atoms with Gasteiger partial charge in [-0.1, -0.05) is 15.9 Å². The second kappa shape index (κ2) is 8.15. The Morgan fingerprint density at radius 3 is 2.71 bits per heavy atom. The van der Waals surface area contributed by atoms with E-state index in [0.29, 0.717) is 17.9 Å². The molecule has 5 nitrogen and oxygen atoms in total. The molecule has 0 radical (unpaired) electrons. The van der Waals surface area contributed by atoms with Crippen LogP contribution in [0.15, 0.2) is 41.0 Å². The number of amides is 1. The second-order valence-corrected chi connectivity index (χ2v) is 6.82. The average molecular weight is 392 g/mol. The topological polar surface area (TPSA) is 54.5 Å². The summed E-state index contributed by atoms with van der Waals surface area (Å²) in [5.74, 6) is 1.26. The van der Waals surface area contributed by atoms with Crippen molar-refractivity contribution in [3.63, 3.8) is 0 Å². The third kappa shape index (κ3) is 4.96. The van der Waals surface area contributed by atoms with Gasteiger partial charge in [-0.05, 0) is 49.7 Å². The van der Waals surface area contributed by atoms with E-state index in [9.17, 15) is 4.79 Å². The van der Waals surface area contributed by atoms with Crippen molar-refractivity contribution in [1.82, 2.24) is 10.3 Å². The van der Waals surface area contributed by atoms with Gasteiger partial charge in [0.2, 0.25) is 0 Å². The van der Waals surface area contributed by atoms with E-state index < -0.39 is 0 Å². The SMILES string of the molecule is CC(C)Oc1cc(Br)ccc1C(=O)NCc1ccnc(N(C)C)c1. The highest BCUT2D eigenvalue weighted by Gasteiger charge is 2.14. The van der Waals surface area contributed by atoms with E-state index in [1.807, 2.05) is 57.1 Å². The first-order chi connectivity index (χ1) is 11.4. The number of halogens is 1. The summed E-state index contributed by atoms with van der Waals surface area (Å²) in [6.07, 6.45) is 1.73. The average Bonchev–Trinajstić information content (AvgIpc) is 2.52. The molecule has 0 atom stereocenters. The minimum absolute atomic E-state index is 0.00584. The number of aromatic nitrogens is 1. The maximum atomic E-state index is 12.5. The number of anilines is 1. The van der Waals surface area contributed by atoms with Gasteiger partial charge in [0.1, 0.15) is 11.6 Å². The lowest BCUT2D eigenvalue weighted by Gasteiger charge is -2.15. The second-order valence-electron chi connectivity index (χ2n) is 5.91. The fraction of sp³-hybridized carbons (Fsp3) is 0.333. The molecule has 128 valence electrons. The highest BCUT2D eigenvalue weighted by Crippen LogP contribution is 2.25. The Balaban J connectivity index is 2.11. The molecule has 0 saturated heterocycles. The van der Waals surface area contributed by atoms with Gasteiger partial charge in [-0.3, -0.25) is 4.79 Å². The normalized spacial score (nSPS) is 10.6. The zero-order chi connectivity index (χ0) is 17.7. The quantitative estimate of drug-likeness (QED) is 0.816. The third-order valence-corrected chi connectivity index (χ3v) is 3.77. The number of ether oxygens (including phenoxy) is 1. The summed E-state index contributed by atoms with van der Waals surface area (Å²) in [6.45, 7) is 4.30. The monoisotopic (exact) mass is 391 g/mol. The lowest BCUT2D eigenvalue weighted by atomic mass is 10.1. The maximum absolute atomic E-state index is 12.5. The molecule has 0 fully saturated rings. The molecular weight excluding hydrogens is 370 g/mol. The fourth-order valence-corrected chi connectivity index (χ4v) is 2.47. The molecule has 24 heavy (non-hydrogen) atoms. The summed E-state index contributed by atoms with van der Waals surface area (Å²) in [5.41, 5.74) is 1.51. The van der Waals surface area contributed by atoms with Gasteiger partial charge < -0.3 is 15.0 Å². The van der Waals surface area contributed by atoms with Crippen LogP contribution in [0.5, 0.6) is 5.75 Å². The van der Waals surface area contributed by atoms with Crippen LogP contribution in [0, 0.1) is 0 Å². The number of hydrogen-bond acceptors (Lipinski definition) is 4. The molecule has 2 rings (SSSR count). The van der Waals surface area contributed by atoms with Gasteiger partial charge in [0.25, 0.3) is 5.91 Å². The van der Waals surface area contributed by atoms with Gasteiger partial charge in [-0.2, -0.15) is 0 Å². The van der Waals surface area contributed by atoms with E-state index in [4.69, 9.17) is 4.74 Å². The largest absolute Gasteiger partial charge is 0.490 e. The zero-order valence-electron chi connectivity index (χ0n) is 14.3. The van der Waals surface area contributed by atoms with Crippen molar-refractivity contribution in [1.29, 1.82) is 0 Å². The molecule has 0 aliphatic rings. The minimum atomic E-state index is -0.165. The van der Waals surface area contributed by atoms with Crippen LogP contribution < -0.4 is 15.0 Å². The first-order valence-electron chi connectivity index (χ1n) is 7.73. The van der Waals surface area contributed by atoms with E-state index in [1.54, 1.807) is 12.3 Å². The third-order valence-electron chi connectivity index (χ3n) is 3.27. The fourth-order valence-electron chi connectivity index (χ4n) is 2.13. The summed E-state index contributed by atoms with van der Waals surface area (Å²) in [7, 11) is 3.87. The van der Waals surface area contributed by atoms with Crippen molar-refractivity contribution in [3.05, 3.63) is 52.1 Å². The molecule has 0 unspecified atom stereocenters. The van der Waals surface area contributed by atoms with Crippen LogP contribution in [0.25, 0.3) is 0 Å². The molecule has 0 bridgehead atoms. The minimum Gasteiger partial charge on any atom is -0.490 e. The molecule has 0 aliphatic heterocycles. The Kier molecular flexibility index (Phi) is 6.20. The number of hydrogen-bond donors (Lipinski definition) is 1. The maximum Gasteiger partial charge on any atom is 0.255 e. The van der Waals surface area contributed by atoms with Crippen molar-refractivity contribution in [3.8, 4) is 5.75 Å². The number of benzene rings is 1. The molecule has 1 amide bonds. The number of rotatable bonds is 6. The number of pyridine rings is 1. The highest BCUT2D eigenvalue weighted by molar-refractivity contribution is 9.10. The summed E-state index contributed by atoms with van der Waals surface area (Å²) in [6, 6.07) is 9.24. The zero-order valence-corrected chi connectivity index (χ0v) is 15.9. The first kappa shape index (κ1) is 18.3. The molecular formula is C18H22BrN3O2. The van der Waals surface area contributed by atoms with E-state index in [-0.39, 0.29) is 12.0 Å². The van der Waals surface area contributed by atoms with Crippen molar-refractivity contribution in [2.75, 3.05) is 19.0 Å². The Morgan fingerprint density at radius 1 is 1.29 bits per heavy atom. The molecule has 2 aromatic rings. The Labute approximate surface area is 151 Å². The van der Waals surface area contributed by atoms with Crippen LogP contribution in [0.3, 0.4) is 0 Å². The van der Waals surface area contributed by atoms with Crippen LogP contribution in [-0.2, 0) is 6.54 Å². The molecule has 0 aliphatic carbocycles. The van der Waals surface area contributed by atoms with Crippen molar-refractivity contribution in [2.45, 2.75) is 26.5 Å². The Bertz CT molecular complexity index is 717. The van der Waals surface area contributed by atoms with Crippen molar-refractivity contribution in [2.24, 2.45) is 0 Å². The van der Waals surface area contributed by atoms with Crippen molar-refractivity contribution < 1.29 is 9.53 Å². The predicted octanol–water partition coefficient (Wildman–Crippen LogP) is 3.63. The number of nitrogens with one attached hydrogen (secondary N) is 1. The van der Waals surface area contributed by atoms with Gasteiger partial charge >= 0.3 is 0 Å². The molecule has 1 aromatic carbocycles. The van der Waals surface area contributed by atoms with Crippen LogP contribution >= 0.6 is 15.9 Å². The molecule has 1 heterocycles. The summed E-state index contributed by atoms with van der Waals surface area (Å²) < 4.78 is 6.62. The smallest absolute Gasteiger partial charge is 0.255 e. The van der Waals surface area contributed by atoms with Crippen LogP contribution in [0.1, 0.15) is 29.8 Å². The van der Waals surface area contributed by atoms with Gasteiger partial charge in [-0.15, -0.1) is 0 Å². The standard InChI is InChI=1S/C18H22BrN3O2/c1-12(2)24-16-10-14(19)5-6-15(16)18(23)21-11-13-7-8-20-17(9-13)22(3)4/h5-10,12H,11H2,1-4H3,(H,21,23). The van der Waals surface area contributed by atoms with E-state index >= 15 is 0 Å². The summed E-state index contributed by atoms with van der Waals surface area (Å²) in [4.78, 5) is 18.7. The Hall–Kier alpha value is -2.08. The van der Waals surface area contributed by atoms with E-state index in [2.05, 4.69) is 26.2 Å². The van der Waals surface area contributed by atoms with Gasteiger partial charge in [0.15, 0.2) is 0 Å². The van der Waals surface area contributed by atoms with Crippen LogP contribution in [0.4, 0.5) is 5.82 Å². The number of carbonyl (C=O) groups is 1. The predicted molar refractivity (Wildman–Crippen MR) is 99.6 cm³/mol. The molecule has 1 aromatic heterocycles. The van der Waals surface area contributed by atoms with Crippen LogP contribution in [-0.4, -0.2) is 31.1 Å². The summed E-state index contributed by atoms with van der Waals surface area (Å²) >= 11 is 3.41. The lowest BCUT2D eigenvalue weighted by molar-refractivity contribution is 0.0945. The Morgan fingerprint density at radius 2 is 2.04 bits per heavy atom. The van der Waals surface area contributed by atoms with E-state index in [1.165, 1.54) is 0 Å². The number of carbonyl (C=O) groups excluding carboxylic acids is 1. The summed E-state index contributed by atoms with van der Waals surface area (Å²) in [5, 5.41) is 2.93. The van der Waals surface area contributed by atoms with E-state index in [0.717, 1.165) is 15.9 Å². The first-order valence-corrected chi connectivity index (χ1v) is 8.52. The molecule has 1 N–H and O–H groups in total. The number of nitrogens with zero attached hydrogens (tertiary/aromatic N) is 2.